The van der Waals surface area contributed by atoms with Crippen molar-refractivity contribution >= 4 is 0 Å². The van der Waals surface area contributed by atoms with E-state index in [4.69, 9.17) is 0 Å². The fourth-order valence-corrected chi connectivity index (χ4v) is 3.73. The Kier molecular flexibility index (Phi) is 6.87. The van der Waals surface area contributed by atoms with Gasteiger partial charge in [-0.15, -0.1) is 0 Å². The molecule has 0 N–H and O–H groups in total. The van der Waals surface area contributed by atoms with Gasteiger partial charge in [0.2, 0.25) is 6.33 Å². The molecule has 2 rings (SSSR count). The molecule has 0 bridgehead atoms. The van der Waals surface area contributed by atoms with Gasteiger partial charge in [-0.25, -0.2) is 9.13 Å². The van der Waals surface area contributed by atoms with Crippen molar-refractivity contribution < 1.29 is 13.5 Å². The highest BCUT2D eigenvalue weighted by Crippen LogP contribution is 2.20. The van der Waals surface area contributed by atoms with E-state index in [1.54, 1.807) is 0 Å². The number of quaternary nitrogens is 2. The van der Waals surface area contributed by atoms with Crippen molar-refractivity contribution in [3.8, 4) is 5.69 Å². The third-order valence-electron chi connectivity index (χ3n) is 5.93. The Bertz CT molecular complexity index is 732. The summed E-state index contributed by atoms with van der Waals surface area (Å²) in [6.07, 6.45) is 7.83. The lowest BCUT2D eigenvalue weighted by Crippen LogP contribution is -2.51. The molecule has 0 saturated heterocycles. The Balaban J connectivity index is 1.93. The lowest BCUT2D eigenvalue weighted by molar-refractivity contribution is -0.946. The van der Waals surface area contributed by atoms with E-state index in [9.17, 15) is 0 Å². The van der Waals surface area contributed by atoms with Crippen molar-refractivity contribution in [3.63, 3.8) is 0 Å². The monoisotopic (exact) mass is 373 g/mol. The second-order valence-electron chi connectivity index (χ2n) is 9.52. The molecular formula is C23H41N4+3. The smallest absolute Gasteiger partial charge is 0.248 e. The van der Waals surface area contributed by atoms with Crippen LogP contribution in [0.3, 0.4) is 0 Å². The Hall–Kier alpha value is -1.65. The summed E-state index contributed by atoms with van der Waals surface area (Å²) in [6.45, 7) is 14.8. The van der Waals surface area contributed by atoms with Crippen LogP contribution in [-0.2, 0) is 6.54 Å². The number of rotatable bonds is 9. The summed E-state index contributed by atoms with van der Waals surface area (Å²) in [5.41, 5.74) is 5.32. The molecule has 27 heavy (non-hydrogen) atoms. The maximum absolute atomic E-state index is 2.37. The summed E-state index contributed by atoms with van der Waals surface area (Å²) >= 11 is 0. The molecule has 0 atom stereocenters. The third-order valence-corrected chi connectivity index (χ3v) is 5.93. The van der Waals surface area contributed by atoms with Crippen molar-refractivity contribution in [3.05, 3.63) is 47.5 Å². The number of likely N-dealkylation sites (N-methyl/N-ethyl adjacent to an activating group) is 2. The number of hydrogen-bond acceptors (Lipinski definition) is 0. The third kappa shape index (κ3) is 6.18. The summed E-state index contributed by atoms with van der Waals surface area (Å²) in [6, 6.07) is 4.53. The molecule has 1 heterocycles. The van der Waals surface area contributed by atoms with Crippen LogP contribution >= 0.6 is 0 Å². The molecular weight excluding hydrogens is 332 g/mol. The number of benzene rings is 1. The minimum atomic E-state index is 1.07. The van der Waals surface area contributed by atoms with Crippen LogP contribution in [0.4, 0.5) is 0 Å². The first-order valence-corrected chi connectivity index (χ1v) is 10.3. The Morgan fingerprint density at radius 2 is 1.48 bits per heavy atom. The van der Waals surface area contributed by atoms with Gasteiger partial charge in [0.25, 0.3) is 0 Å². The van der Waals surface area contributed by atoms with Gasteiger partial charge in [-0.2, -0.15) is 0 Å². The van der Waals surface area contributed by atoms with Crippen LogP contribution in [0, 0.1) is 20.8 Å². The maximum atomic E-state index is 2.37. The molecule has 0 fully saturated rings. The van der Waals surface area contributed by atoms with Gasteiger partial charge < -0.3 is 8.97 Å². The van der Waals surface area contributed by atoms with Gasteiger partial charge in [0.05, 0.1) is 47.8 Å². The molecule has 0 aliphatic rings. The second kappa shape index (κ2) is 8.57. The van der Waals surface area contributed by atoms with Crippen molar-refractivity contribution in [1.82, 2.24) is 4.57 Å². The zero-order valence-electron chi connectivity index (χ0n) is 18.9. The number of hydrogen-bond donors (Lipinski definition) is 0. The molecule has 1 aromatic heterocycles. The summed E-state index contributed by atoms with van der Waals surface area (Å²) in [4.78, 5) is 0. The Labute approximate surface area is 166 Å². The van der Waals surface area contributed by atoms with Crippen molar-refractivity contribution in [2.45, 2.75) is 40.7 Å². The molecule has 0 amide bonds. The SMILES string of the molecule is CC[N+](C)(C)CC[N+](C)(C)CCC[n+]1ccn(-c2c(C)cc(C)cc2C)c1. The maximum Gasteiger partial charge on any atom is 0.248 e. The molecule has 0 unspecified atom stereocenters. The zero-order chi connectivity index (χ0) is 20.2. The number of aromatic nitrogens is 2. The first kappa shape index (κ1) is 21.6. The van der Waals surface area contributed by atoms with E-state index < -0.39 is 0 Å². The number of imidazole rings is 1. The van der Waals surface area contributed by atoms with E-state index in [0.29, 0.717) is 0 Å². The molecule has 4 nitrogen and oxygen atoms in total. The van der Waals surface area contributed by atoms with Gasteiger partial charge in [0.1, 0.15) is 31.2 Å². The predicted molar refractivity (Wildman–Crippen MR) is 114 cm³/mol. The van der Waals surface area contributed by atoms with Crippen molar-refractivity contribution in [2.75, 3.05) is 54.4 Å². The van der Waals surface area contributed by atoms with Crippen molar-refractivity contribution in [2.24, 2.45) is 0 Å². The highest BCUT2D eigenvalue weighted by atomic mass is 15.4. The summed E-state index contributed by atoms with van der Waals surface area (Å²) in [7, 11) is 9.39. The van der Waals surface area contributed by atoms with Crippen LogP contribution in [0.2, 0.25) is 0 Å². The van der Waals surface area contributed by atoms with Gasteiger partial charge in [-0.1, -0.05) is 17.7 Å². The molecule has 0 aliphatic carbocycles. The van der Waals surface area contributed by atoms with E-state index in [-0.39, 0.29) is 0 Å². The topological polar surface area (TPSA) is 8.81 Å². The van der Waals surface area contributed by atoms with E-state index in [1.807, 2.05) is 0 Å². The Morgan fingerprint density at radius 1 is 0.889 bits per heavy atom. The van der Waals surface area contributed by atoms with Gasteiger partial charge in [-0.05, 0) is 38.8 Å². The quantitative estimate of drug-likeness (QED) is 0.471. The molecule has 0 spiro atoms. The van der Waals surface area contributed by atoms with Crippen LogP contribution in [-0.4, -0.2) is 67.9 Å². The fraction of sp³-hybridized carbons (Fsp3) is 0.609. The number of nitrogens with zero attached hydrogens (tertiary/aromatic N) is 4. The van der Waals surface area contributed by atoms with E-state index in [1.165, 1.54) is 55.0 Å². The molecule has 4 heteroatoms. The summed E-state index contributed by atoms with van der Waals surface area (Å²) < 4.78 is 6.80. The van der Waals surface area contributed by atoms with Crippen LogP contribution in [0.15, 0.2) is 30.9 Å². The van der Waals surface area contributed by atoms with Gasteiger partial charge in [0.15, 0.2) is 0 Å². The van der Waals surface area contributed by atoms with Crippen LogP contribution in [0.25, 0.3) is 5.69 Å². The minimum absolute atomic E-state index is 1.07. The molecule has 2 aromatic rings. The van der Waals surface area contributed by atoms with Crippen LogP contribution in [0.1, 0.15) is 30.0 Å². The van der Waals surface area contributed by atoms with Crippen molar-refractivity contribution in [1.29, 1.82) is 0 Å². The second-order valence-corrected chi connectivity index (χ2v) is 9.52. The fourth-order valence-electron chi connectivity index (χ4n) is 3.73. The normalized spacial score (nSPS) is 12.6. The lowest BCUT2D eigenvalue weighted by atomic mass is 10.1. The highest BCUT2D eigenvalue weighted by molar-refractivity contribution is 5.48. The zero-order valence-corrected chi connectivity index (χ0v) is 18.9. The largest absolute Gasteiger partial charge is 0.324 e. The molecule has 0 saturated carbocycles. The standard InChI is InChI=1S/C23H41N4/c1-9-26(5,6)15-16-27(7,8)14-10-11-24-12-13-25(19-24)23-21(3)17-20(2)18-22(23)4/h12-13,17-19H,9-11,14-16H2,1-8H3/q+3. The van der Waals surface area contributed by atoms with Gasteiger partial charge in [-0.3, -0.25) is 0 Å². The van der Waals surface area contributed by atoms with E-state index in [0.717, 1.165) is 15.5 Å². The lowest BCUT2D eigenvalue weighted by Gasteiger charge is -2.35. The number of aryl methyl sites for hydroxylation is 4. The average molecular weight is 374 g/mol. The van der Waals surface area contributed by atoms with E-state index in [2.05, 4.69) is 95.9 Å². The molecule has 0 radical (unpaired) electrons. The Morgan fingerprint density at radius 3 is 2.07 bits per heavy atom. The van der Waals surface area contributed by atoms with E-state index >= 15 is 0 Å². The summed E-state index contributed by atoms with van der Waals surface area (Å²) in [5, 5.41) is 0. The average Bonchev–Trinajstić information content (AvgIpc) is 3.00. The summed E-state index contributed by atoms with van der Waals surface area (Å²) in [5.74, 6) is 0. The highest BCUT2D eigenvalue weighted by Gasteiger charge is 2.21. The predicted octanol–water partition coefficient (Wildman–Crippen LogP) is 3.25. The minimum Gasteiger partial charge on any atom is -0.324 e. The van der Waals surface area contributed by atoms with Crippen LogP contribution in [0.5, 0.6) is 0 Å². The molecule has 150 valence electrons. The van der Waals surface area contributed by atoms with Gasteiger partial charge in [0, 0.05) is 6.42 Å². The first-order valence-electron chi connectivity index (χ1n) is 10.3. The van der Waals surface area contributed by atoms with Crippen LogP contribution < -0.4 is 4.57 Å². The molecule has 1 aromatic carbocycles. The molecule has 0 aliphatic heterocycles. The van der Waals surface area contributed by atoms with Gasteiger partial charge >= 0.3 is 0 Å². The first-order chi connectivity index (χ1) is 12.5.